The first-order valence-corrected chi connectivity index (χ1v) is 10.4. The highest BCUT2D eigenvalue weighted by Crippen LogP contribution is 2.20. The lowest BCUT2D eigenvalue weighted by atomic mass is 10.3. The molecule has 0 bridgehead atoms. The Morgan fingerprint density at radius 2 is 1.65 bits per heavy atom. The number of nitrogens with one attached hydrogen (secondary N) is 1. The number of pyridine rings is 1. The smallest absolute Gasteiger partial charge is 0.261 e. The van der Waals surface area contributed by atoms with E-state index in [1.807, 2.05) is 13.0 Å². The second kappa shape index (κ2) is 9.43. The molecule has 0 aliphatic carbocycles. The summed E-state index contributed by atoms with van der Waals surface area (Å²) in [5.74, 6) is 1.50. The van der Waals surface area contributed by atoms with Gasteiger partial charge >= 0.3 is 0 Å². The highest BCUT2D eigenvalue weighted by molar-refractivity contribution is 7.92. The molecule has 0 fully saturated rings. The van der Waals surface area contributed by atoms with Crippen LogP contribution >= 0.6 is 0 Å². The van der Waals surface area contributed by atoms with E-state index in [1.54, 1.807) is 24.4 Å². The largest absolute Gasteiger partial charge is 0.494 e. The Balaban J connectivity index is 2.11. The molecule has 6 nitrogen and oxygen atoms in total. The lowest BCUT2D eigenvalue weighted by Crippen LogP contribution is -2.25. The third-order valence-electron chi connectivity index (χ3n) is 3.76. The molecule has 0 unspecified atom stereocenters. The molecule has 1 aromatic carbocycles. The maximum absolute atomic E-state index is 12.5. The SMILES string of the molecule is CCCN(CCC)c1ccc(NS(=O)(=O)c2ccc(OCC)cc2)cn1. The number of hydrogen-bond acceptors (Lipinski definition) is 5. The predicted octanol–water partition coefficient (Wildman–Crippen LogP) is 3.91. The normalized spacial score (nSPS) is 11.2. The van der Waals surface area contributed by atoms with E-state index in [0.717, 1.165) is 31.7 Å². The molecular formula is C19H27N3O3S. The van der Waals surface area contributed by atoms with Crippen LogP contribution in [0.15, 0.2) is 47.5 Å². The predicted molar refractivity (Wildman–Crippen MR) is 105 cm³/mol. The number of nitrogens with zero attached hydrogens (tertiary/aromatic N) is 2. The minimum atomic E-state index is -3.66. The van der Waals surface area contributed by atoms with Crippen molar-refractivity contribution in [3.63, 3.8) is 0 Å². The van der Waals surface area contributed by atoms with Crippen molar-refractivity contribution in [1.29, 1.82) is 0 Å². The summed E-state index contributed by atoms with van der Waals surface area (Å²) >= 11 is 0. The van der Waals surface area contributed by atoms with Gasteiger partial charge in [-0.3, -0.25) is 4.72 Å². The van der Waals surface area contributed by atoms with Gasteiger partial charge in [-0.05, 0) is 56.2 Å². The molecule has 7 heteroatoms. The fourth-order valence-corrected chi connectivity index (χ4v) is 3.65. The van der Waals surface area contributed by atoms with Crippen LogP contribution in [-0.2, 0) is 10.0 Å². The van der Waals surface area contributed by atoms with Crippen LogP contribution in [0.3, 0.4) is 0 Å². The van der Waals surface area contributed by atoms with Crippen LogP contribution in [-0.4, -0.2) is 33.1 Å². The van der Waals surface area contributed by atoms with E-state index in [2.05, 4.69) is 28.5 Å². The van der Waals surface area contributed by atoms with Gasteiger partial charge in [-0.1, -0.05) is 13.8 Å². The van der Waals surface area contributed by atoms with Gasteiger partial charge in [-0.15, -0.1) is 0 Å². The summed E-state index contributed by atoms with van der Waals surface area (Å²) in [6, 6.07) is 9.94. The molecular weight excluding hydrogens is 350 g/mol. The Kier molecular flexibility index (Phi) is 7.26. The van der Waals surface area contributed by atoms with E-state index in [1.165, 1.54) is 12.1 Å². The van der Waals surface area contributed by atoms with Gasteiger partial charge < -0.3 is 9.64 Å². The van der Waals surface area contributed by atoms with Gasteiger partial charge in [0.05, 0.1) is 23.4 Å². The van der Waals surface area contributed by atoms with Gasteiger partial charge in [0.2, 0.25) is 0 Å². The van der Waals surface area contributed by atoms with Crippen molar-refractivity contribution < 1.29 is 13.2 Å². The van der Waals surface area contributed by atoms with Crippen LogP contribution < -0.4 is 14.4 Å². The summed E-state index contributed by atoms with van der Waals surface area (Å²) < 4.78 is 32.9. The van der Waals surface area contributed by atoms with Gasteiger partial charge in [0.15, 0.2) is 0 Å². The highest BCUT2D eigenvalue weighted by Gasteiger charge is 2.15. The number of hydrogen-bond donors (Lipinski definition) is 1. The third-order valence-corrected chi connectivity index (χ3v) is 5.15. The van der Waals surface area contributed by atoms with Crippen molar-refractivity contribution >= 4 is 21.5 Å². The molecule has 0 saturated heterocycles. The lowest BCUT2D eigenvalue weighted by molar-refractivity contribution is 0.340. The second-order valence-electron chi connectivity index (χ2n) is 5.90. The van der Waals surface area contributed by atoms with E-state index < -0.39 is 10.0 Å². The van der Waals surface area contributed by atoms with Gasteiger partial charge in [-0.25, -0.2) is 13.4 Å². The quantitative estimate of drug-likeness (QED) is 0.680. The molecule has 1 N–H and O–H groups in total. The van der Waals surface area contributed by atoms with Crippen LogP contribution in [0.4, 0.5) is 11.5 Å². The molecule has 0 spiro atoms. The van der Waals surface area contributed by atoms with E-state index in [-0.39, 0.29) is 4.90 Å². The zero-order chi connectivity index (χ0) is 19.0. The number of sulfonamides is 1. The molecule has 2 rings (SSSR count). The Labute approximate surface area is 156 Å². The van der Waals surface area contributed by atoms with Crippen LogP contribution in [0.1, 0.15) is 33.6 Å². The maximum Gasteiger partial charge on any atom is 0.261 e. The Morgan fingerprint density at radius 3 is 2.15 bits per heavy atom. The van der Waals surface area contributed by atoms with Crippen LogP contribution in [0, 0.1) is 0 Å². The minimum absolute atomic E-state index is 0.184. The molecule has 0 aliphatic rings. The monoisotopic (exact) mass is 377 g/mol. The molecule has 142 valence electrons. The second-order valence-corrected chi connectivity index (χ2v) is 7.58. The summed E-state index contributed by atoms with van der Waals surface area (Å²) in [5, 5.41) is 0. The Morgan fingerprint density at radius 1 is 1.00 bits per heavy atom. The summed E-state index contributed by atoms with van der Waals surface area (Å²) in [6.45, 7) is 8.53. The van der Waals surface area contributed by atoms with E-state index in [0.29, 0.717) is 18.0 Å². The molecule has 0 saturated carbocycles. The Bertz CT molecular complexity index is 769. The Hall–Kier alpha value is -2.28. The number of rotatable bonds is 10. The van der Waals surface area contributed by atoms with Crippen LogP contribution in [0.25, 0.3) is 0 Å². The van der Waals surface area contributed by atoms with Gasteiger partial charge in [0.1, 0.15) is 11.6 Å². The molecule has 26 heavy (non-hydrogen) atoms. The van der Waals surface area contributed by atoms with Crippen molar-refractivity contribution in [3.8, 4) is 5.75 Å². The first-order valence-electron chi connectivity index (χ1n) is 8.96. The zero-order valence-corrected chi connectivity index (χ0v) is 16.4. The first-order chi connectivity index (χ1) is 12.5. The molecule has 1 heterocycles. The van der Waals surface area contributed by atoms with Gasteiger partial charge in [-0.2, -0.15) is 0 Å². The fourth-order valence-electron chi connectivity index (χ4n) is 2.61. The van der Waals surface area contributed by atoms with Crippen molar-refractivity contribution in [3.05, 3.63) is 42.6 Å². The highest BCUT2D eigenvalue weighted by atomic mass is 32.2. The minimum Gasteiger partial charge on any atom is -0.494 e. The summed E-state index contributed by atoms with van der Waals surface area (Å²) in [4.78, 5) is 6.79. The molecule has 2 aromatic rings. The summed E-state index contributed by atoms with van der Waals surface area (Å²) in [6.07, 6.45) is 3.63. The van der Waals surface area contributed by atoms with Crippen molar-refractivity contribution in [2.24, 2.45) is 0 Å². The molecule has 0 radical (unpaired) electrons. The first kappa shape index (κ1) is 20.0. The van der Waals surface area contributed by atoms with Gasteiger partial charge in [0.25, 0.3) is 10.0 Å². The standard InChI is InChI=1S/C19H27N3O3S/c1-4-13-22(14-5-2)19-12-7-16(15-20-19)21-26(23,24)18-10-8-17(9-11-18)25-6-3/h7-12,15,21H,4-6,13-14H2,1-3H3. The average Bonchev–Trinajstić information content (AvgIpc) is 2.63. The zero-order valence-electron chi connectivity index (χ0n) is 15.6. The topological polar surface area (TPSA) is 71.5 Å². The van der Waals surface area contributed by atoms with Crippen LogP contribution in [0.5, 0.6) is 5.75 Å². The summed E-state index contributed by atoms with van der Waals surface area (Å²) in [7, 11) is -3.66. The van der Waals surface area contributed by atoms with Crippen molar-refractivity contribution in [2.75, 3.05) is 29.3 Å². The van der Waals surface area contributed by atoms with E-state index in [4.69, 9.17) is 4.74 Å². The average molecular weight is 378 g/mol. The van der Waals surface area contributed by atoms with E-state index in [9.17, 15) is 8.42 Å². The van der Waals surface area contributed by atoms with Crippen molar-refractivity contribution in [1.82, 2.24) is 4.98 Å². The molecule has 1 aromatic heterocycles. The van der Waals surface area contributed by atoms with Crippen molar-refractivity contribution in [2.45, 2.75) is 38.5 Å². The molecule has 0 amide bonds. The lowest BCUT2D eigenvalue weighted by Gasteiger charge is -2.22. The molecule has 0 aliphatic heterocycles. The number of ether oxygens (including phenoxy) is 1. The fraction of sp³-hybridized carbons (Fsp3) is 0.421. The maximum atomic E-state index is 12.5. The van der Waals surface area contributed by atoms with Gasteiger partial charge in [0, 0.05) is 13.1 Å². The van der Waals surface area contributed by atoms with Crippen LogP contribution in [0.2, 0.25) is 0 Å². The van der Waals surface area contributed by atoms with E-state index >= 15 is 0 Å². The number of benzene rings is 1. The summed E-state index contributed by atoms with van der Waals surface area (Å²) in [5.41, 5.74) is 0.440. The third kappa shape index (κ3) is 5.36. The number of anilines is 2. The molecule has 0 atom stereocenters. The number of aromatic nitrogens is 1.